The molecule has 0 saturated carbocycles. The lowest BCUT2D eigenvalue weighted by atomic mass is 9.85. The maximum absolute atomic E-state index is 14.0. The van der Waals surface area contributed by atoms with Crippen molar-refractivity contribution in [2.24, 2.45) is 10.4 Å². The van der Waals surface area contributed by atoms with Gasteiger partial charge in [-0.3, -0.25) is 4.99 Å². The van der Waals surface area contributed by atoms with Gasteiger partial charge in [0.2, 0.25) is 0 Å². The number of methoxy groups -OCH3 is 1. The van der Waals surface area contributed by atoms with E-state index in [9.17, 15) is 9.18 Å². The van der Waals surface area contributed by atoms with E-state index < -0.39 is 11.8 Å². The minimum atomic E-state index is -0.610. The zero-order valence-corrected chi connectivity index (χ0v) is 25.6. The molecular formula is C33H36ClFN4O5. The normalized spacial score (nSPS) is 18.4. The number of aliphatic imine (C=N–C) groups is 1. The molecule has 3 aliphatic rings. The number of urea groups is 1. The quantitative estimate of drug-likeness (QED) is 0.233. The molecule has 2 N–H and O–H groups in total. The van der Waals surface area contributed by atoms with Crippen molar-refractivity contribution in [3.8, 4) is 17.2 Å². The van der Waals surface area contributed by atoms with Gasteiger partial charge in [0.05, 0.1) is 49.0 Å². The predicted octanol–water partition coefficient (Wildman–Crippen LogP) is 7.16. The van der Waals surface area contributed by atoms with Gasteiger partial charge >= 0.3 is 6.03 Å². The number of nitrogens with zero attached hydrogens (tertiary/aromatic N) is 2. The molecule has 2 saturated heterocycles. The number of benzene rings is 3. The van der Waals surface area contributed by atoms with Crippen LogP contribution in [0.3, 0.4) is 0 Å². The van der Waals surface area contributed by atoms with Crippen LogP contribution in [0.15, 0.2) is 53.5 Å². The van der Waals surface area contributed by atoms with E-state index in [-0.39, 0.29) is 16.8 Å². The van der Waals surface area contributed by atoms with Crippen molar-refractivity contribution >= 4 is 40.9 Å². The molecule has 3 aromatic rings. The fourth-order valence-electron chi connectivity index (χ4n) is 5.85. The maximum atomic E-state index is 14.0. The summed E-state index contributed by atoms with van der Waals surface area (Å²) in [5.41, 5.74) is 3.29. The van der Waals surface area contributed by atoms with Gasteiger partial charge in [-0.2, -0.15) is 0 Å². The van der Waals surface area contributed by atoms with Gasteiger partial charge in [-0.05, 0) is 62.2 Å². The highest BCUT2D eigenvalue weighted by atomic mass is 35.5. The molecule has 0 aromatic heterocycles. The topological polar surface area (TPSA) is 93.7 Å². The van der Waals surface area contributed by atoms with Gasteiger partial charge in [0.25, 0.3) is 0 Å². The van der Waals surface area contributed by atoms with E-state index in [1.165, 1.54) is 12.5 Å². The second-order valence-corrected chi connectivity index (χ2v) is 12.0. The van der Waals surface area contributed by atoms with Crippen LogP contribution in [0.5, 0.6) is 17.2 Å². The van der Waals surface area contributed by atoms with Crippen molar-refractivity contribution in [1.29, 1.82) is 0 Å². The number of carbonyl (C=O) groups excluding carboxylic acids is 1. The molecule has 1 atom stereocenters. The zero-order chi connectivity index (χ0) is 30.7. The highest BCUT2D eigenvalue weighted by Gasteiger charge is 2.44. The second-order valence-electron chi connectivity index (χ2n) is 11.6. The number of halogens is 2. The molecule has 3 aromatic carbocycles. The summed E-state index contributed by atoms with van der Waals surface area (Å²) in [6.45, 7) is 7.41. The summed E-state index contributed by atoms with van der Waals surface area (Å²) in [4.78, 5) is 19.6. The Labute approximate surface area is 261 Å². The molecule has 3 aliphatic heterocycles. The molecule has 9 nitrogen and oxygen atoms in total. The summed E-state index contributed by atoms with van der Waals surface area (Å²) < 4.78 is 37.6. The van der Waals surface area contributed by atoms with E-state index in [1.54, 1.807) is 37.4 Å². The predicted molar refractivity (Wildman–Crippen MR) is 169 cm³/mol. The van der Waals surface area contributed by atoms with Crippen molar-refractivity contribution < 1.29 is 28.1 Å². The summed E-state index contributed by atoms with van der Waals surface area (Å²) in [6.07, 6.45) is 4.19. The van der Waals surface area contributed by atoms with E-state index in [0.717, 1.165) is 56.1 Å². The van der Waals surface area contributed by atoms with Crippen LogP contribution >= 0.6 is 11.6 Å². The van der Waals surface area contributed by atoms with Gasteiger partial charge in [0.1, 0.15) is 17.7 Å². The molecule has 232 valence electrons. The Balaban J connectivity index is 1.06. The third-order valence-corrected chi connectivity index (χ3v) is 8.57. The molecule has 0 bridgehead atoms. The Morgan fingerprint density at radius 1 is 1.14 bits per heavy atom. The molecule has 6 rings (SSSR count). The smallest absolute Gasteiger partial charge is 0.323 e. The molecule has 3 heterocycles. The van der Waals surface area contributed by atoms with E-state index in [2.05, 4.69) is 20.5 Å². The summed E-state index contributed by atoms with van der Waals surface area (Å²) in [5, 5.41) is 5.44. The SMILES string of the molecule is COc1cc2c(cc1OCCCN1CCC3(COC3)C1)N=CCC2Oc1ccc(NC(=O)Nc2cc(C)ccc2F)c(Cl)c1. The van der Waals surface area contributed by atoms with Crippen LogP contribution in [0.4, 0.5) is 26.2 Å². The summed E-state index contributed by atoms with van der Waals surface area (Å²) in [5.74, 6) is 1.27. The molecule has 11 heteroatoms. The van der Waals surface area contributed by atoms with Gasteiger partial charge in [-0.15, -0.1) is 0 Å². The van der Waals surface area contributed by atoms with Crippen LogP contribution < -0.4 is 24.8 Å². The van der Waals surface area contributed by atoms with Gasteiger partial charge in [-0.1, -0.05) is 17.7 Å². The Morgan fingerprint density at radius 3 is 2.73 bits per heavy atom. The monoisotopic (exact) mass is 622 g/mol. The molecule has 0 aliphatic carbocycles. The summed E-state index contributed by atoms with van der Waals surface area (Å²) in [7, 11) is 1.62. The number of aryl methyl sites for hydroxylation is 1. The average Bonchev–Trinajstić information content (AvgIpc) is 3.44. The van der Waals surface area contributed by atoms with Crippen LogP contribution in [-0.2, 0) is 4.74 Å². The van der Waals surface area contributed by atoms with E-state index in [1.807, 2.05) is 25.3 Å². The largest absolute Gasteiger partial charge is 0.493 e. The fraction of sp³-hybridized carbons (Fsp3) is 0.394. The molecule has 1 unspecified atom stereocenters. The minimum absolute atomic E-state index is 0.0832. The number of nitrogens with one attached hydrogen (secondary N) is 2. The lowest BCUT2D eigenvalue weighted by Gasteiger charge is -2.37. The van der Waals surface area contributed by atoms with E-state index in [4.69, 9.17) is 30.5 Å². The standard InChI is InChI=1S/C33H36ClFN4O5/c1-21-4-6-25(35)28(14-21)38-32(40)37-26-7-5-22(15-24(26)34)44-29-8-10-36-27-17-31(30(41-2)16-23(27)29)43-13-3-11-39-12-9-33(18-39)19-42-20-33/h4-7,10,14-17,29H,3,8-9,11-13,18-20H2,1-2H3,(H2,37,38,40). The van der Waals surface area contributed by atoms with Crippen molar-refractivity contribution in [2.45, 2.75) is 32.3 Å². The molecular weight excluding hydrogens is 587 g/mol. The number of carbonyl (C=O) groups is 1. The number of anilines is 2. The highest BCUT2D eigenvalue weighted by molar-refractivity contribution is 6.34. The minimum Gasteiger partial charge on any atom is -0.493 e. The first-order valence-corrected chi connectivity index (χ1v) is 15.2. The third-order valence-electron chi connectivity index (χ3n) is 8.26. The van der Waals surface area contributed by atoms with Crippen molar-refractivity contribution in [3.63, 3.8) is 0 Å². The van der Waals surface area contributed by atoms with Gasteiger partial charge in [0, 0.05) is 48.8 Å². The van der Waals surface area contributed by atoms with Crippen LogP contribution in [-0.4, -0.2) is 63.7 Å². The summed E-state index contributed by atoms with van der Waals surface area (Å²) in [6, 6.07) is 12.7. The Bertz CT molecular complexity index is 1560. The molecule has 2 fully saturated rings. The number of amides is 2. The van der Waals surface area contributed by atoms with E-state index in [0.29, 0.717) is 41.4 Å². The molecule has 2 amide bonds. The van der Waals surface area contributed by atoms with Gasteiger partial charge in [0.15, 0.2) is 11.5 Å². The number of hydrogen-bond acceptors (Lipinski definition) is 7. The highest BCUT2D eigenvalue weighted by Crippen LogP contribution is 2.43. The maximum Gasteiger partial charge on any atom is 0.323 e. The zero-order valence-electron chi connectivity index (χ0n) is 24.8. The van der Waals surface area contributed by atoms with Gasteiger partial charge < -0.3 is 34.5 Å². The average molecular weight is 623 g/mol. The Hall–Kier alpha value is -3.86. The molecule has 1 spiro atoms. The number of hydrogen-bond donors (Lipinski definition) is 2. The fourth-order valence-corrected chi connectivity index (χ4v) is 6.07. The number of fused-ring (bicyclic) bond motifs is 1. The summed E-state index contributed by atoms with van der Waals surface area (Å²) >= 11 is 6.48. The van der Waals surface area contributed by atoms with Crippen LogP contribution in [0.1, 0.15) is 36.5 Å². The third kappa shape index (κ3) is 6.77. The first-order valence-electron chi connectivity index (χ1n) is 14.8. The molecule has 0 radical (unpaired) electrons. The van der Waals surface area contributed by atoms with Crippen LogP contribution in [0.25, 0.3) is 0 Å². The lowest BCUT2D eigenvalue weighted by Crippen LogP contribution is -2.44. The second kappa shape index (κ2) is 13.0. The lowest BCUT2D eigenvalue weighted by molar-refractivity contribution is -0.105. The van der Waals surface area contributed by atoms with E-state index >= 15 is 0 Å². The van der Waals surface area contributed by atoms with Crippen molar-refractivity contribution in [2.75, 3.05) is 57.2 Å². The number of likely N-dealkylation sites (tertiary alicyclic amines) is 1. The first-order chi connectivity index (χ1) is 21.3. The van der Waals surface area contributed by atoms with Crippen LogP contribution in [0, 0.1) is 18.2 Å². The Morgan fingerprint density at radius 2 is 1.98 bits per heavy atom. The number of ether oxygens (including phenoxy) is 4. The van der Waals surface area contributed by atoms with Crippen molar-refractivity contribution in [3.05, 3.63) is 70.5 Å². The van der Waals surface area contributed by atoms with Crippen LogP contribution in [0.2, 0.25) is 5.02 Å². The first kappa shape index (κ1) is 30.2. The van der Waals surface area contributed by atoms with Gasteiger partial charge in [-0.25, -0.2) is 9.18 Å². The Kier molecular flexibility index (Phi) is 8.93. The molecule has 44 heavy (non-hydrogen) atoms. The number of rotatable bonds is 10. The van der Waals surface area contributed by atoms with Crippen molar-refractivity contribution in [1.82, 2.24) is 4.90 Å².